The van der Waals surface area contributed by atoms with Gasteiger partial charge in [0.05, 0.1) is 24.8 Å². The van der Waals surface area contributed by atoms with Crippen LogP contribution in [0.3, 0.4) is 0 Å². The van der Waals surface area contributed by atoms with E-state index in [9.17, 15) is 4.79 Å². The molecule has 1 saturated heterocycles. The van der Waals surface area contributed by atoms with E-state index >= 15 is 0 Å². The molecule has 1 fully saturated rings. The van der Waals surface area contributed by atoms with Gasteiger partial charge in [-0.25, -0.2) is 4.98 Å². The van der Waals surface area contributed by atoms with Crippen LogP contribution in [0.2, 0.25) is 5.02 Å². The lowest BCUT2D eigenvalue weighted by atomic mass is 10.1. The van der Waals surface area contributed by atoms with Crippen LogP contribution in [-0.4, -0.2) is 41.7 Å². The van der Waals surface area contributed by atoms with Gasteiger partial charge in [0, 0.05) is 23.3 Å². The summed E-state index contributed by atoms with van der Waals surface area (Å²) >= 11 is 6.10. The molecule has 6 heteroatoms. The summed E-state index contributed by atoms with van der Waals surface area (Å²) in [5.74, 6) is -0.129. The van der Waals surface area contributed by atoms with Crippen LogP contribution in [0.4, 0.5) is 0 Å². The van der Waals surface area contributed by atoms with Crippen molar-refractivity contribution in [2.24, 2.45) is 0 Å². The van der Waals surface area contributed by atoms with Crippen LogP contribution in [0.5, 0.6) is 0 Å². The molecule has 0 saturated carbocycles. The van der Waals surface area contributed by atoms with Crippen molar-refractivity contribution in [1.29, 1.82) is 0 Å². The van der Waals surface area contributed by atoms with Crippen molar-refractivity contribution < 1.29 is 14.3 Å². The zero-order valence-electron chi connectivity index (χ0n) is 9.48. The first kappa shape index (κ1) is 11.6. The van der Waals surface area contributed by atoms with Crippen molar-refractivity contribution in [2.75, 3.05) is 19.8 Å². The van der Waals surface area contributed by atoms with E-state index in [1.165, 1.54) is 0 Å². The molecule has 94 valence electrons. The number of Topliss-reactive ketones (excluding diaryl/α,β-unsaturated/α-hetero) is 1. The van der Waals surface area contributed by atoms with Crippen molar-refractivity contribution >= 4 is 28.4 Å². The van der Waals surface area contributed by atoms with Crippen LogP contribution >= 0.6 is 11.6 Å². The summed E-state index contributed by atoms with van der Waals surface area (Å²) in [5, 5.41) is 1.14. The minimum atomic E-state index is -0.561. The Labute approximate surface area is 108 Å². The van der Waals surface area contributed by atoms with Crippen LogP contribution < -0.4 is 0 Å². The molecule has 3 rings (SSSR count). The molecular weight excluding hydrogens is 256 g/mol. The number of fused-ring (bicyclic) bond motifs is 1. The molecule has 18 heavy (non-hydrogen) atoms. The van der Waals surface area contributed by atoms with Crippen molar-refractivity contribution in [3.05, 3.63) is 29.0 Å². The molecule has 1 N–H and O–H groups in total. The SMILES string of the molecule is O=C(c1c[nH]c2nccc(Cl)c12)C1COCCO1. The summed E-state index contributed by atoms with van der Waals surface area (Å²) in [4.78, 5) is 19.4. The van der Waals surface area contributed by atoms with E-state index in [-0.39, 0.29) is 12.4 Å². The molecular formula is C12H11ClN2O3. The number of ketones is 1. The Hall–Kier alpha value is -1.43. The smallest absolute Gasteiger partial charge is 0.196 e. The quantitative estimate of drug-likeness (QED) is 0.842. The van der Waals surface area contributed by atoms with Gasteiger partial charge in [0.15, 0.2) is 5.78 Å². The maximum atomic E-state index is 12.3. The number of carbonyl (C=O) groups excluding carboxylic acids is 1. The van der Waals surface area contributed by atoms with Gasteiger partial charge in [0.25, 0.3) is 0 Å². The Morgan fingerprint density at radius 1 is 1.50 bits per heavy atom. The number of pyridine rings is 1. The first-order valence-electron chi connectivity index (χ1n) is 5.62. The second-order valence-electron chi connectivity index (χ2n) is 4.02. The molecule has 5 nitrogen and oxygen atoms in total. The Balaban J connectivity index is 2.01. The molecule has 0 spiro atoms. The molecule has 2 aromatic rings. The number of rotatable bonds is 2. The third-order valence-electron chi connectivity index (χ3n) is 2.90. The van der Waals surface area contributed by atoms with Crippen molar-refractivity contribution in [3.63, 3.8) is 0 Å². The molecule has 0 bridgehead atoms. The van der Waals surface area contributed by atoms with E-state index in [1.54, 1.807) is 18.5 Å². The molecule has 1 aliphatic rings. The Bertz CT molecular complexity index is 590. The minimum absolute atomic E-state index is 0.129. The van der Waals surface area contributed by atoms with E-state index in [1.807, 2.05) is 0 Å². The second-order valence-corrected chi connectivity index (χ2v) is 4.42. The van der Waals surface area contributed by atoms with E-state index in [2.05, 4.69) is 9.97 Å². The highest BCUT2D eigenvalue weighted by Gasteiger charge is 2.26. The fourth-order valence-corrected chi connectivity index (χ4v) is 2.27. The predicted octanol–water partition coefficient (Wildman–Crippen LogP) is 1.81. The van der Waals surface area contributed by atoms with Crippen LogP contribution in [-0.2, 0) is 9.47 Å². The first-order valence-corrected chi connectivity index (χ1v) is 6.00. The molecule has 1 unspecified atom stereocenters. The van der Waals surface area contributed by atoms with Gasteiger partial charge in [0.2, 0.25) is 0 Å². The van der Waals surface area contributed by atoms with E-state index in [4.69, 9.17) is 21.1 Å². The van der Waals surface area contributed by atoms with Gasteiger partial charge in [-0.15, -0.1) is 0 Å². The fourth-order valence-electron chi connectivity index (χ4n) is 2.02. The maximum Gasteiger partial charge on any atom is 0.196 e. The third-order valence-corrected chi connectivity index (χ3v) is 3.21. The number of nitrogens with one attached hydrogen (secondary N) is 1. The highest BCUT2D eigenvalue weighted by Crippen LogP contribution is 2.26. The van der Waals surface area contributed by atoms with Crippen molar-refractivity contribution in [2.45, 2.75) is 6.10 Å². The largest absolute Gasteiger partial charge is 0.376 e. The minimum Gasteiger partial charge on any atom is -0.376 e. The number of halogens is 1. The van der Waals surface area contributed by atoms with Crippen LogP contribution in [0.25, 0.3) is 11.0 Å². The Morgan fingerprint density at radius 3 is 3.17 bits per heavy atom. The molecule has 1 atom stereocenters. The topological polar surface area (TPSA) is 64.2 Å². The van der Waals surface area contributed by atoms with Gasteiger partial charge in [0.1, 0.15) is 11.8 Å². The van der Waals surface area contributed by atoms with Gasteiger partial charge in [-0.2, -0.15) is 0 Å². The van der Waals surface area contributed by atoms with Gasteiger partial charge in [-0.3, -0.25) is 4.79 Å². The molecule has 3 heterocycles. The standard InChI is InChI=1S/C12H11ClN2O3/c13-8-1-2-14-12-10(8)7(5-15-12)11(16)9-6-17-3-4-18-9/h1-2,5,9H,3-4,6H2,(H,14,15). The zero-order valence-corrected chi connectivity index (χ0v) is 10.2. The number of aromatic amines is 1. The normalized spacial score (nSPS) is 20.2. The van der Waals surface area contributed by atoms with E-state index in [0.29, 0.717) is 34.8 Å². The van der Waals surface area contributed by atoms with Gasteiger partial charge in [-0.1, -0.05) is 11.6 Å². The van der Waals surface area contributed by atoms with Crippen LogP contribution in [0, 0.1) is 0 Å². The summed E-state index contributed by atoms with van der Waals surface area (Å²) in [6.45, 7) is 1.24. The number of H-pyrrole nitrogens is 1. The van der Waals surface area contributed by atoms with E-state index < -0.39 is 6.10 Å². The van der Waals surface area contributed by atoms with Gasteiger partial charge >= 0.3 is 0 Å². The van der Waals surface area contributed by atoms with Crippen LogP contribution in [0.15, 0.2) is 18.5 Å². The summed E-state index contributed by atoms with van der Waals surface area (Å²) in [5.41, 5.74) is 1.10. The van der Waals surface area contributed by atoms with Crippen LogP contribution in [0.1, 0.15) is 10.4 Å². The molecule has 1 aliphatic heterocycles. The first-order chi connectivity index (χ1) is 8.77. The van der Waals surface area contributed by atoms with E-state index in [0.717, 1.165) is 0 Å². The summed E-state index contributed by atoms with van der Waals surface area (Å²) < 4.78 is 10.6. The predicted molar refractivity (Wildman–Crippen MR) is 66.0 cm³/mol. The molecule has 2 aromatic heterocycles. The summed E-state index contributed by atoms with van der Waals surface area (Å²) in [7, 11) is 0. The number of nitrogens with zero attached hydrogens (tertiary/aromatic N) is 1. The lowest BCUT2D eigenvalue weighted by Gasteiger charge is -2.21. The molecule has 0 aromatic carbocycles. The number of aromatic nitrogens is 2. The molecule has 0 amide bonds. The van der Waals surface area contributed by atoms with Gasteiger partial charge in [-0.05, 0) is 6.07 Å². The highest BCUT2D eigenvalue weighted by molar-refractivity contribution is 6.36. The van der Waals surface area contributed by atoms with Crippen molar-refractivity contribution in [3.8, 4) is 0 Å². The second kappa shape index (κ2) is 4.68. The number of hydrogen-bond donors (Lipinski definition) is 1. The summed E-state index contributed by atoms with van der Waals surface area (Å²) in [6, 6.07) is 1.66. The maximum absolute atomic E-state index is 12.3. The fraction of sp³-hybridized carbons (Fsp3) is 0.333. The lowest BCUT2D eigenvalue weighted by molar-refractivity contribution is -0.0718. The van der Waals surface area contributed by atoms with Crippen molar-refractivity contribution in [1.82, 2.24) is 9.97 Å². The monoisotopic (exact) mass is 266 g/mol. The molecule has 0 aliphatic carbocycles. The highest BCUT2D eigenvalue weighted by atomic mass is 35.5. The average Bonchev–Trinajstić information content (AvgIpc) is 2.84. The molecule has 0 radical (unpaired) electrons. The Kier molecular flexibility index (Phi) is 3.03. The number of ether oxygens (including phenoxy) is 2. The number of carbonyl (C=O) groups is 1. The summed E-state index contributed by atoms with van der Waals surface area (Å²) in [6.07, 6.45) is 2.65. The lowest BCUT2D eigenvalue weighted by Crippen LogP contribution is -2.35. The third kappa shape index (κ3) is 1.90. The van der Waals surface area contributed by atoms with Gasteiger partial charge < -0.3 is 14.5 Å². The number of hydrogen-bond acceptors (Lipinski definition) is 4. The average molecular weight is 267 g/mol. The Morgan fingerprint density at radius 2 is 2.39 bits per heavy atom. The zero-order chi connectivity index (χ0) is 12.5.